The second-order valence-electron chi connectivity index (χ2n) is 5.55. The molecule has 1 unspecified atom stereocenters. The van der Waals surface area contributed by atoms with Gasteiger partial charge in [-0.05, 0) is 18.4 Å². The van der Waals surface area contributed by atoms with E-state index in [4.69, 9.17) is 4.74 Å². The van der Waals surface area contributed by atoms with Crippen LogP contribution in [0.2, 0.25) is 0 Å². The fraction of sp³-hybridized carbons (Fsp3) is 0.500. The van der Waals surface area contributed by atoms with E-state index in [1.807, 2.05) is 30.3 Å². The molecular weight excluding hydrogens is 270 g/mol. The maximum Gasteiger partial charge on any atom is 0.310 e. The Bertz CT molecular complexity index is 496. The molecule has 1 aliphatic carbocycles. The Morgan fingerprint density at radius 3 is 2.48 bits per heavy atom. The number of amides is 1. The van der Waals surface area contributed by atoms with Crippen molar-refractivity contribution in [1.82, 2.24) is 5.32 Å². The van der Waals surface area contributed by atoms with Crippen molar-refractivity contribution in [2.75, 3.05) is 13.7 Å². The summed E-state index contributed by atoms with van der Waals surface area (Å²) in [5.74, 6) is -1.09. The van der Waals surface area contributed by atoms with Gasteiger partial charge >= 0.3 is 5.97 Å². The molecule has 0 bridgehead atoms. The van der Waals surface area contributed by atoms with Crippen LogP contribution in [0.4, 0.5) is 0 Å². The number of hydrogen-bond donors (Lipinski definition) is 2. The molecule has 2 N–H and O–H groups in total. The Morgan fingerprint density at radius 2 is 2.00 bits per heavy atom. The molecule has 0 saturated heterocycles. The van der Waals surface area contributed by atoms with Crippen molar-refractivity contribution in [1.29, 1.82) is 0 Å². The molecule has 1 fully saturated rings. The van der Waals surface area contributed by atoms with Crippen molar-refractivity contribution in [3.8, 4) is 0 Å². The van der Waals surface area contributed by atoms with Crippen molar-refractivity contribution >= 4 is 11.9 Å². The van der Waals surface area contributed by atoms with E-state index in [1.54, 1.807) is 7.11 Å². The molecule has 1 aliphatic rings. The van der Waals surface area contributed by atoms with Gasteiger partial charge in [0.05, 0.1) is 11.5 Å². The number of carboxylic acids is 1. The van der Waals surface area contributed by atoms with Crippen LogP contribution >= 0.6 is 0 Å². The van der Waals surface area contributed by atoms with E-state index in [9.17, 15) is 14.7 Å². The Kier molecular flexibility index (Phi) is 4.96. The SMILES string of the molecule is COC(CNC(=O)CC1(C(=O)O)CCC1)c1ccccc1. The first-order chi connectivity index (χ1) is 10.1. The van der Waals surface area contributed by atoms with Gasteiger partial charge in [0.1, 0.15) is 0 Å². The number of carbonyl (C=O) groups is 2. The van der Waals surface area contributed by atoms with Crippen LogP contribution in [0.3, 0.4) is 0 Å². The van der Waals surface area contributed by atoms with Gasteiger partial charge in [-0.1, -0.05) is 36.8 Å². The molecule has 0 aliphatic heterocycles. The summed E-state index contributed by atoms with van der Waals surface area (Å²) in [6.07, 6.45) is 1.87. The van der Waals surface area contributed by atoms with Gasteiger partial charge in [0.15, 0.2) is 0 Å². The maximum atomic E-state index is 12.0. The lowest BCUT2D eigenvalue weighted by molar-refractivity contribution is -0.157. The van der Waals surface area contributed by atoms with E-state index in [-0.39, 0.29) is 18.4 Å². The molecule has 0 aromatic heterocycles. The van der Waals surface area contributed by atoms with Gasteiger partial charge < -0.3 is 15.2 Å². The minimum Gasteiger partial charge on any atom is -0.481 e. The molecule has 1 aromatic carbocycles. The lowest BCUT2D eigenvalue weighted by atomic mass is 9.66. The highest BCUT2D eigenvalue weighted by atomic mass is 16.5. The smallest absolute Gasteiger partial charge is 0.310 e. The van der Waals surface area contributed by atoms with E-state index < -0.39 is 11.4 Å². The van der Waals surface area contributed by atoms with Crippen LogP contribution in [0.25, 0.3) is 0 Å². The third-order valence-electron chi connectivity index (χ3n) is 4.20. The topological polar surface area (TPSA) is 75.6 Å². The van der Waals surface area contributed by atoms with Crippen LogP contribution in [-0.2, 0) is 14.3 Å². The number of ether oxygens (including phenoxy) is 1. The van der Waals surface area contributed by atoms with Crippen molar-refractivity contribution in [3.05, 3.63) is 35.9 Å². The van der Waals surface area contributed by atoms with E-state index in [1.165, 1.54) is 0 Å². The summed E-state index contributed by atoms with van der Waals surface area (Å²) in [6, 6.07) is 9.62. The van der Waals surface area contributed by atoms with Crippen LogP contribution in [0.15, 0.2) is 30.3 Å². The Labute approximate surface area is 124 Å². The van der Waals surface area contributed by atoms with Crippen molar-refractivity contribution < 1.29 is 19.4 Å². The highest BCUT2D eigenvalue weighted by molar-refractivity contribution is 5.85. The first kappa shape index (κ1) is 15.5. The normalized spacial score (nSPS) is 17.6. The van der Waals surface area contributed by atoms with Crippen LogP contribution in [-0.4, -0.2) is 30.6 Å². The number of nitrogens with one attached hydrogen (secondary N) is 1. The fourth-order valence-corrected chi connectivity index (χ4v) is 2.65. The number of hydrogen-bond acceptors (Lipinski definition) is 3. The summed E-state index contributed by atoms with van der Waals surface area (Å²) in [5.41, 5.74) is 0.135. The van der Waals surface area contributed by atoms with Crippen LogP contribution in [0.5, 0.6) is 0 Å². The molecule has 5 heteroatoms. The van der Waals surface area contributed by atoms with Crippen molar-refractivity contribution in [2.45, 2.75) is 31.8 Å². The summed E-state index contributed by atoms with van der Waals surface area (Å²) in [5, 5.41) is 12.0. The number of carbonyl (C=O) groups excluding carboxylic acids is 1. The highest BCUT2D eigenvalue weighted by Crippen LogP contribution is 2.44. The minimum absolute atomic E-state index is 0.0492. The summed E-state index contributed by atoms with van der Waals surface area (Å²) < 4.78 is 5.37. The molecule has 0 spiro atoms. The number of rotatable bonds is 7. The molecule has 114 valence electrons. The maximum absolute atomic E-state index is 12.0. The molecule has 1 atom stereocenters. The van der Waals surface area contributed by atoms with E-state index in [0.29, 0.717) is 19.4 Å². The summed E-state index contributed by atoms with van der Waals surface area (Å²) in [4.78, 5) is 23.2. The van der Waals surface area contributed by atoms with E-state index in [2.05, 4.69) is 5.32 Å². The first-order valence-corrected chi connectivity index (χ1v) is 7.15. The lowest BCUT2D eigenvalue weighted by Gasteiger charge is -2.37. The van der Waals surface area contributed by atoms with Crippen LogP contribution in [0.1, 0.15) is 37.4 Å². The van der Waals surface area contributed by atoms with Gasteiger partial charge in [0, 0.05) is 20.1 Å². The highest BCUT2D eigenvalue weighted by Gasteiger charge is 2.45. The predicted octanol–water partition coefficient (Wildman–Crippen LogP) is 2.14. The van der Waals surface area contributed by atoms with E-state index in [0.717, 1.165) is 12.0 Å². The number of methoxy groups -OCH3 is 1. The molecule has 21 heavy (non-hydrogen) atoms. The molecule has 1 amide bonds. The van der Waals surface area contributed by atoms with Gasteiger partial charge in [-0.25, -0.2) is 0 Å². The van der Waals surface area contributed by atoms with Gasteiger partial charge in [-0.15, -0.1) is 0 Å². The van der Waals surface area contributed by atoms with Gasteiger partial charge in [0.2, 0.25) is 5.91 Å². The molecule has 0 heterocycles. The molecule has 1 saturated carbocycles. The molecule has 5 nitrogen and oxygen atoms in total. The van der Waals surface area contributed by atoms with Crippen molar-refractivity contribution in [2.24, 2.45) is 5.41 Å². The minimum atomic E-state index is -0.866. The van der Waals surface area contributed by atoms with Crippen LogP contribution < -0.4 is 5.32 Å². The Balaban J connectivity index is 1.87. The summed E-state index contributed by atoms with van der Waals surface area (Å²) in [6.45, 7) is 0.342. The Morgan fingerprint density at radius 1 is 1.33 bits per heavy atom. The van der Waals surface area contributed by atoms with Crippen LogP contribution in [0, 0.1) is 5.41 Å². The monoisotopic (exact) mass is 291 g/mol. The van der Waals surface area contributed by atoms with Gasteiger partial charge in [0.25, 0.3) is 0 Å². The second-order valence-corrected chi connectivity index (χ2v) is 5.55. The Hall–Kier alpha value is -1.88. The largest absolute Gasteiger partial charge is 0.481 e. The fourth-order valence-electron chi connectivity index (χ4n) is 2.65. The predicted molar refractivity (Wildman–Crippen MR) is 77.7 cm³/mol. The molecular formula is C16H21NO4. The summed E-state index contributed by atoms with van der Waals surface area (Å²) in [7, 11) is 1.59. The number of benzene rings is 1. The average molecular weight is 291 g/mol. The third-order valence-corrected chi connectivity index (χ3v) is 4.20. The lowest BCUT2D eigenvalue weighted by Crippen LogP contribution is -2.43. The third kappa shape index (κ3) is 3.61. The number of aliphatic carboxylic acids is 1. The quantitative estimate of drug-likeness (QED) is 0.807. The standard InChI is InChI=1S/C16H21NO4/c1-21-13(12-6-3-2-4-7-12)11-17-14(18)10-16(15(19)20)8-5-9-16/h2-4,6-7,13H,5,8-11H2,1H3,(H,17,18)(H,19,20). The second kappa shape index (κ2) is 6.72. The van der Waals surface area contributed by atoms with Crippen molar-refractivity contribution in [3.63, 3.8) is 0 Å². The zero-order chi connectivity index (χ0) is 15.3. The molecule has 1 aromatic rings. The molecule has 0 radical (unpaired) electrons. The zero-order valence-electron chi connectivity index (χ0n) is 12.2. The molecule has 2 rings (SSSR count). The van der Waals surface area contributed by atoms with Gasteiger partial charge in [-0.3, -0.25) is 9.59 Å². The van der Waals surface area contributed by atoms with Gasteiger partial charge in [-0.2, -0.15) is 0 Å². The number of carboxylic acid groups (broad SMARTS) is 1. The van der Waals surface area contributed by atoms with E-state index >= 15 is 0 Å². The average Bonchev–Trinajstić information content (AvgIpc) is 2.44. The first-order valence-electron chi connectivity index (χ1n) is 7.15. The summed E-state index contributed by atoms with van der Waals surface area (Å²) >= 11 is 0. The zero-order valence-corrected chi connectivity index (χ0v) is 12.2.